The zero-order chi connectivity index (χ0) is 18.1. The third-order valence-corrected chi connectivity index (χ3v) is 8.13. The van der Waals surface area contributed by atoms with Gasteiger partial charge in [0.1, 0.15) is 0 Å². The molecule has 4 atom stereocenters. The number of alkyl halides is 1. The van der Waals surface area contributed by atoms with Gasteiger partial charge in [0, 0.05) is 27.9 Å². The number of rotatable bonds is 3. The third-order valence-electron chi connectivity index (χ3n) is 7.20. The van der Waals surface area contributed by atoms with Gasteiger partial charge in [0.05, 0.1) is 0 Å². The van der Waals surface area contributed by atoms with Crippen molar-refractivity contribution in [1.82, 2.24) is 10.6 Å². The van der Waals surface area contributed by atoms with Crippen LogP contribution in [-0.4, -0.2) is 27.4 Å². The first-order valence-corrected chi connectivity index (χ1v) is 11.0. The SMILES string of the molecule is CC1(C)CC(NC(=O)CC23C[C@@H]4C[C@@H](CC(Br)(C4)C2)C3)CC(C)(C)N1. The highest BCUT2D eigenvalue weighted by Gasteiger charge is 2.57. The lowest BCUT2D eigenvalue weighted by Crippen LogP contribution is -2.62. The molecule has 5 fully saturated rings. The van der Waals surface area contributed by atoms with Gasteiger partial charge in [-0.3, -0.25) is 4.79 Å². The number of hydrogen-bond acceptors (Lipinski definition) is 2. The molecule has 1 amide bonds. The van der Waals surface area contributed by atoms with Crippen LogP contribution in [0, 0.1) is 17.3 Å². The fraction of sp³-hybridized carbons (Fsp3) is 0.952. The van der Waals surface area contributed by atoms with Crippen molar-refractivity contribution < 1.29 is 4.79 Å². The van der Waals surface area contributed by atoms with E-state index in [1.165, 1.54) is 38.5 Å². The topological polar surface area (TPSA) is 41.1 Å². The number of carbonyl (C=O) groups is 1. The van der Waals surface area contributed by atoms with Crippen LogP contribution in [0.5, 0.6) is 0 Å². The van der Waals surface area contributed by atoms with Gasteiger partial charge in [-0.05, 0) is 96.3 Å². The maximum Gasteiger partial charge on any atom is 0.220 e. The number of halogens is 1. The van der Waals surface area contributed by atoms with Crippen LogP contribution in [0.25, 0.3) is 0 Å². The van der Waals surface area contributed by atoms with Crippen molar-refractivity contribution in [3.63, 3.8) is 0 Å². The van der Waals surface area contributed by atoms with E-state index in [0.717, 1.165) is 31.1 Å². The molecule has 5 aliphatic rings. The normalized spacial score (nSPS) is 44.7. The quantitative estimate of drug-likeness (QED) is 0.670. The van der Waals surface area contributed by atoms with Gasteiger partial charge < -0.3 is 10.6 Å². The zero-order valence-electron chi connectivity index (χ0n) is 16.4. The van der Waals surface area contributed by atoms with E-state index in [4.69, 9.17) is 0 Å². The minimum Gasteiger partial charge on any atom is -0.353 e. The summed E-state index contributed by atoms with van der Waals surface area (Å²) in [6.45, 7) is 9.00. The molecule has 0 spiro atoms. The average Bonchev–Trinajstić information content (AvgIpc) is 2.29. The standard InChI is InChI=1S/C21H35BrN2O/c1-18(2)10-16(11-19(3,4)24-18)23-17(25)12-20-6-14-5-15(7-20)9-21(22,8-14)13-20/h14-16,24H,5-13H2,1-4H3,(H,23,25)/t14-,15+,20?,21?. The van der Waals surface area contributed by atoms with Crippen molar-refractivity contribution in [2.75, 3.05) is 0 Å². The molecule has 1 heterocycles. The van der Waals surface area contributed by atoms with Gasteiger partial charge >= 0.3 is 0 Å². The lowest BCUT2D eigenvalue weighted by Gasteiger charge is -2.60. The molecule has 3 nitrogen and oxygen atoms in total. The van der Waals surface area contributed by atoms with Crippen LogP contribution in [0.3, 0.4) is 0 Å². The van der Waals surface area contributed by atoms with Crippen molar-refractivity contribution in [1.29, 1.82) is 0 Å². The van der Waals surface area contributed by atoms with Crippen molar-refractivity contribution >= 4 is 21.8 Å². The smallest absolute Gasteiger partial charge is 0.220 e. The first-order chi connectivity index (χ1) is 11.5. The highest BCUT2D eigenvalue weighted by atomic mass is 79.9. The minimum absolute atomic E-state index is 0.0836. The second-order valence-electron chi connectivity index (χ2n) is 11.4. The summed E-state index contributed by atoms with van der Waals surface area (Å²) in [7, 11) is 0. The number of nitrogens with one attached hydrogen (secondary N) is 2. The molecular weight excluding hydrogens is 376 g/mol. The maximum atomic E-state index is 13.0. The Hall–Kier alpha value is -0.0900. The van der Waals surface area contributed by atoms with E-state index in [1.54, 1.807) is 0 Å². The molecule has 0 radical (unpaired) electrons. The summed E-state index contributed by atoms with van der Waals surface area (Å²) in [5, 5.41) is 7.13. The van der Waals surface area contributed by atoms with Crippen LogP contribution in [0.2, 0.25) is 0 Å². The summed E-state index contributed by atoms with van der Waals surface area (Å²) in [6, 6.07) is 0.297. The number of carbonyl (C=O) groups excluding carboxylic acids is 1. The summed E-state index contributed by atoms with van der Waals surface area (Å²) < 4.78 is 0.343. The molecule has 4 heteroatoms. The van der Waals surface area contributed by atoms with E-state index >= 15 is 0 Å². The molecule has 0 aromatic carbocycles. The molecular formula is C21H35BrN2O. The summed E-state index contributed by atoms with van der Waals surface area (Å²) in [5.74, 6) is 2.01. The van der Waals surface area contributed by atoms with Crippen molar-refractivity contribution in [3.8, 4) is 0 Å². The van der Waals surface area contributed by atoms with Gasteiger partial charge in [0.25, 0.3) is 0 Å². The van der Waals surface area contributed by atoms with Gasteiger partial charge in [-0.25, -0.2) is 0 Å². The molecule has 0 aromatic heterocycles. The van der Waals surface area contributed by atoms with E-state index in [9.17, 15) is 4.79 Å². The van der Waals surface area contributed by atoms with Crippen LogP contribution in [0.1, 0.15) is 85.5 Å². The van der Waals surface area contributed by atoms with Crippen LogP contribution >= 0.6 is 15.9 Å². The van der Waals surface area contributed by atoms with E-state index in [1.807, 2.05) is 0 Å². The summed E-state index contributed by atoms with van der Waals surface area (Å²) in [6.07, 6.45) is 10.6. The maximum absolute atomic E-state index is 13.0. The molecule has 1 saturated heterocycles. The van der Waals surface area contributed by atoms with E-state index in [-0.39, 0.29) is 16.5 Å². The summed E-state index contributed by atoms with van der Waals surface area (Å²) in [5.41, 5.74) is 0.441. The fourth-order valence-corrected chi connectivity index (χ4v) is 9.10. The lowest BCUT2D eigenvalue weighted by atomic mass is 9.48. The Kier molecular flexibility index (Phi) is 4.17. The largest absolute Gasteiger partial charge is 0.353 e. The molecule has 142 valence electrons. The van der Waals surface area contributed by atoms with Gasteiger partial charge in [0.2, 0.25) is 5.91 Å². The Morgan fingerprint density at radius 1 is 1.00 bits per heavy atom. The van der Waals surface area contributed by atoms with Gasteiger partial charge in [-0.15, -0.1) is 0 Å². The van der Waals surface area contributed by atoms with E-state index in [2.05, 4.69) is 54.3 Å². The Morgan fingerprint density at radius 2 is 1.56 bits per heavy atom. The lowest BCUT2D eigenvalue weighted by molar-refractivity contribution is -0.129. The molecule has 5 rings (SSSR count). The third kappa shape index (κ3) is 3.81. The Bertz CT molecular complexity index is 540. The Balaban J connectivity index is 1.41. The van der Waals surface area contributed by atoms with E-state index < -0.39 is 0 Å². The van der Waals surface area contributed by atoms with E-state index in [0.29, 0.717) is 16.3 Å². The predicted molar refractivity (Wildman–Crippen MR) is 106 cm³/mol. The highest BCUT2D eigenvalue weighted by Crippen LogP contribution is 2.65. The molecule has 25 heavy (non-hydrogen) atoms. The first-order valence-electron chi connectivity index (χ1n) is 10.2. The van der Waals surface area contributed by atoms with Crippen LogP contribution < -0.4 is 10.6 Å². The molecule has 4 bridgehead atoms. The second kappa shape index (κ2) is 5.70. The number of amides is 1. The van der Waals surface area contributed by atoms with Crippen molar-refractivity contribution in [2.45, 2.75) is 107 Å². The molecule has 2 unspecified atom stereocenters. The monoisotopic (exact) mass is 410 g/mol. The molecule has 2 N–H and O–H groups in total. The molecule has 1 aliphatic heterocycles. The second-order valence-corrected chi connectivity index (χ2v) is 13.0. The summed E-state index contributed by atoms with van der Waals surface area (Å²) >= 11 is 4.07. The number of piperidine rings is 1. The first kappa shape index (κ1) is 18.3. The fourth-order valence-electron chi connectivity index (χ4n) is 7.59. The molecule has 4 saturated carbocycles. The minimum atomic E-state index is 0.0836. The Morgan fingerprint density at radius 3 is 2.08 bits per heavy atom. The van der Waals surface area contributed by atoms with Crippen molar-refractivity contribution in [2.24, 2.45) is 17.3 Å². The highest BCUT2D eigenvalue weighted by molar-refractivity contribution is 9.10. The molecule has 4 aliphatic carbocycles. The number of hydrogen-bond donors (Lipinski definition) is 2. The van der Waals surface area contributed by atoms with Crippen LogP contribution in [0.15, 0.2) is 0 Å². The van der Waals surface area contributed by atoms with Crippen LogP contribution in [0.4, 0.5) is 0 Å². The van der Waals surface area contributed by atoms with Crippen LogP contribution in [-0.2, 0) is 4.79 Å². The van der Waals surface area contributed by atoms with Crippen molar-refractivity contribution in [3.05, 3.63) is 0 Å². The predicted octanol–water partition coefficient (Wildman–Crippen LogP) is 4.54. The van der Waals surface area contributed by atoms with Gasteiger partial charge in [0.15, 0.2) is 0 Å². The van der Waals surface area contributed by atoms with Gasteiger partial charge in [-0.1, -0.05) is 15.9 Å². The summed E-state index contributed by atoms with van der Waals surface area (Å²) in [4.78, 5) is 13.0. The average molecular weight is 411 g/mol. The molecule has 0 aromatic rings. The van der Waals surface area contributed by atoms with Gasteiger partial charge in [-0.2, -0.15) is 0 Å². The zero-order valence-corrected chi connectivity index (χ0v) is 18.0. The Labute approximate surface area is 161 Å².